The second kappa shape index (κ2) is 4.75. The Morgan fingerprint density at radius 1 is 1.50 bits per heavy atom. The zero-order valence-electron chi connectivity index (χ0n) is 8.95. The molecule has 4 heteroatoms. The molecule has 4 nitrogen and oxygen atoms in total. The maximum absolute atomic E-state index is 10.5. The number of rotatable bonds is 3. The number of ether oxygens (including phenoxy) is 1. The maximum atomic E-state index is 10.5. The topological polar surface area (TPSA) is 49.8 Å². The molecule has 1 rings (SSSR count). The van der Waals surface area contributed by atoms with Gasteiger partial charge in [-0.15, -0.1) is 0 Å². The van der Waals surface area contributed by atoms with Gasteiger partial charge in [0, 0.05) is 26.6 Å². The highest BCUT2D eigenvalue weighted by atomic mass is 16.5. The summed E-state index contributed by atoms with van der Waals surface area (Å²) >= 11 is 0. The summed E-state index contributed by atoms with van der Waals surface area (Å²) in [7, 11) is 0. The van der Waals surface area contributed by atoms with Crippen molar-refractivity contribution in [1.29, 1.82) is 0 Å². The summed E-state index contributed by atoms with van der Waals surface area (Å²) in [6.07, 6.45) is 1.60. The van der Waals surface area contributed by atoms with Crippen LogP contribution in [0.4, 0.5) is 0 Å². The Labute approximate surface area is 84.8 Å². The number of aliphatic hydroxyl groups is 1. The molecule has 0 aromatic heterocycles. The summed E-state index contributed by atoms with van der Waals surface area (Å²) in [6, 6.07) is 0. The zero-order chi connectivity index (χ0) is 10.6. The second-order valence-electron chi connectivity index (χ2n) is 4.18. The molecule has 0 radical (unpaired) electrons. The molecule has 82 valence electrons. The second-order valence-corrected chi connectivity index (χ2v) is 4.18. The fraction of sp³-hybridized carbons (Fsp3) is 0.900. The number of esters is 1. The van der Waals surface area contributed by atoms with Crippen LogP contribution in [0.5, 0.6) is 0 Å². The normalized spacial score (nSPS) is 21.9. The molecule has 0 amide bonds. The van der Waals surface area contributed by atoms with Gasteiger partial charge in [-0.2, -0.15) is 0 Å². The van der Waals surface area contributed by atoms with Gasteiger partial charge in [-0.25, -0.2) is 0 Å². The molecule has 0 spiro atoms. The lowest BCUT2D eigenvalue weighted by Crippen LogP contribution is -2.43. The Morgan fingerprint density at radius 2 is 2.07 bits per heavy atom. The van der Waals surface area contributed by atoms with Crippen molar-refractivity contribution in [2.75, 3.05) is 26.2 Å². The Kier molecular flexibility index (Phi) is 3.89. The average Bonchev–Trinajstić information content (AvgIpc) is 2.07. The molecule has 0 aromatic rings. The minimum atomic E-state index is -0.502. The molecule has 1 fully saturated rings. The third-order valence-corrected chi connectivity index (χ3v) is 2.65. The van der Waals surface area contributed by atoms with E-state index in [0.29, 0.717) is 6.61 Å². The number of nitrogens with zero attached hydrogens (tertiary/aromatic N) is 1. The highest BCUT2D eigenvalue weighted by molar-refractivity contribution is 5.65. The molecule has 14 heavy (non-hydrogen) atoms. The first-order valence-corrected chi connectivity index (χ1v) is 5.08. The summed E-state index contributed by atoms with van der Waals surface area (Å²) < 4.78 is 4.85. The lowest BCUT2D eigenvalue weighted by Gasteiger charge is -2.35. The lowest BCUT2D eigenvalue weighted by molar-refractivity contribution is -0.141. The molecule has 0 bridgehead atoms. The van der Waals surface area contributed by atoms with Crippen LogP contribution < -0.4 is 0 Å². The van der Waals surface area contributed by atoms with Gasteiger partial charge in [-0.3, -0.25) is 9.69 Å². The van der Waals surface area contributed by atoms with Gasteiger partial charge in [-0.05, 0) is 19.8 Å². The number of likely N-dealkylation sites (tertiary alicyclic amines) is 1. The first-order valence-electron chi connectivity index (χ1n) is 5.08. The number of piperidine rings is 1. The molecule has 0 aromatic carbocycles. The van der Waals surface area contributed by atoms with Gasteiger partial charge in [0.2, 0.25) is 0 Å². The Bertz CT molecular complexity index is 194. The molecule has 1 aliphatic heterocycles. The molecule has 1 N–H and O–H groups in total. The van der Waals surface area contributed by atoms with Gasteiger partial charge in [0.25, 0.3) is 0 Å². The lowest BCUT2D eigenvalue weighted by atomic mass is 9.94. The van der Waals surface area contributed by atoms with E-state index >= 15 is 0 Å². The molecule has 0 unspecified atom stereocenters. The minimum absolute atomic E-state index is 0.228. The quantitative estimate of drug-likeness (QED) is 0.671. The van der Waals surface area contributed by atoms with Crippen molar-refractivity contribution in [2.24, 2.45) is 0 Å². The van der Waals surface area contributed by atoms with Crippen molar-refractivity contribution in [3.63, 3.8) is 0 Å². The van der Waals surface area contributed by atoms with Crippen LogP contribution in [0.25, 0.3) is 0 Å². The number of hydrogen-bond donors (Lipinski definition) is 1. The predicted octanol–water partition coefficient (Wildman–Crippen LogP) is 0.396. The number of carbonyl (C=O) groups excluding carboxylic acids is 1. The molecule has 0 atom stereocenters. The Balaban J connectivity index is 2.13. The van der Waals surface area contributed by atoms with Crippen LogP contribution in [0.1, 0.15) is 26.7 Å². The van der Waals surface area contributed by atoms with E-state index in [1.54, 1.807) is 0 Å². The maximum Gasteiger partial charge on any atom is 0.302 e. The number of carbonyl (C=O) groups is 1. The van der Waals surface area contributed by atoms with Gasteiger partial charge >= 0.3 is 5.97 Å². The third kappa shape index (κ3) is 4.07. The van der Waals surface area contributed by atoms with Crippen LogP contribution >= 0.6 is 0 Å². The van der Waals surface area contributed by atoms with Crippen LogP contribution in [-0.4, -0.2) is 47.8 Å². The van der Waals surface area contributed by atoms with Gasteiger partial charge in [0.05, 0.1) is 5.60 Å². The van der Waals surface area contributed by atoms with E-state index in [-0.39, 0.29) is 5.97 Å². The summed E-state index contributed by atoms with van der Waals surface area (Å²) in [4.78, 5) is 12.7. The monoisotopic (exact) mass is 201 g/mol. The van der Waals surface area contributed by atoms with E-state index in [9.17, 15) is 9.90 Å². The van der Waals surface area contributed by atoms with Crippen LogP contribution in [-0.2, 0) is 9.53 Å². The number of hydrogen-bond acceptors (Lipinski definition) is 4. The van der Waals surface area contributed by atoms with Crippen LogP contribution in [0.2, 0.25) is 0 Å². The SMILES string of the molecule is CC(=O)OCCN1CCC(C)(O)CC1. The Hall–Kier alpha value is -0.610. The van der Waals surface area contributed by atoms with Gasteiger partial charge < -0.3 is 9.84 Å². The van der Waals surface area contributed by atoms with Gasteiger partial charge in [0.1, 0.15) is 6.61 Å². The molecule has 1 aliphatic rings. The molecule has 0 aliphatic carbocycles. The van der Waals surface area contributed by atoms with Crippen LogP contribution in [0, 0.1) is 0 Å². The highest BCUT2D eigenvalue weighted by Crippen LogP contribution is 2.20. The predicted molar refractivity (Wildman–Crippen MR) is 52.9 cm³/mol. The summed E-state index contributed by atoms with van der Waals surface area (Å²) in [6.45, 7) is 6.28. The fourth-order valence-corrected chi connectivity index (χ4v) is 1.58. The fourth-order valence-electron chi connectivity index (χ4n) is 1.58. The van der Waals surface area contributed by atoms with Crippen LogP contribution in [0.3, 0.4) is 0 Å². The highest BCUT2D eigenvalue weighted by Gasteiger charge is 2.26. The van der Waals surface area contributed by atoms with E-state index in [1.165, 1.54) is 6.92 Å². The smallest absolute Gasteiger partial charge is 0.302 e. The average molecular weight is 201 g/mol. The third-order valence-electron chi connectivity index (χ3n) is 2.65. The van der Waals surface area contributed by atoms with Crippen molar-refractivity contribution in [3.8, 4) is 0 Å². The Morgan fingerprint density at radius 3 is 2.57 bits per heavy atom. The summed E-state index contributed by atoms with van der Waals surface area (Å²) in [5.74, 6) is -0.228. The van der Waals surface area contributed by atoms with E-state index in [2.05, 4.69) is 4.90 Å². The minimum Gasteiger partial charge on any atom is -0.465 e. The molecular weight excluding hydrogens is 182 g/mol. The first-order chi connectivity index (χ1) is 6.49. The molecular formula is C10H19NO3. The molecule has 1 heterocycles. The van der Waals surface area contributed by atoms with E-state index < -0.39 is 5.60 Å². The van der Waals surface area contributed by atoms with Crippen molar-refractivity contribution < 1.29 is 14.6 Å². The summed E-state index contributed by atoms with van der Waals surface area (Å²) in [5.41, 5.74) is -0.502. The zero-order valence-corrected chi connectivity index (χ0v) is 8.95. The van der Waals surface area contributed by atoms with E-state index in [4.69, 9.17) is 4.74 Å². The standard InChI is InChI=1S/C10H19NO3/c1-9(12)14-8-7-11-5-3-10(2,13)4-6-11/h13H,3-8H2,1-2H3. The van der Waals surface area contributed by atoms with Gasteiger partial charge in [0.15, 0.2) is 0 Å². The largest absolute Gasteiger partial charge is 0.465 e. The van der Waals surface area contributed by atoms with Crippen LogP contribution in [0.15, 0.2) is 0 Å². The van der Waals surface area contributed by atoms with Crippen molar-refractivity contribution in [2.45, 2.75) is 32.3 Å². The van der Waals surface area contributed by atoms with Crippen molar-refractivity contribution in [3.05, 3.63) is 0 Å². The van der Waals surface area contributed by atoms with Crippen molar-refractivity contribution >= 4 is 5.97 Å². The molecule has 0 saturated carbocycles. The molecule has 1 saturated heterocycles. The van der Waals surface area contributed by atoms with Crippen molar-refractivity contribution in [1.82, 2.24) is 4.90 Å². The van der Waals surface area contributed by atoms with E-state index in [1.807, 2.05) is 6.92 Å². The van der Waals surface area contributed by atoms with Gasteiger partial charge in [-0.1, -0.05) is 0 Å². The van der Waals surface area contributed by atoms with E-state index in [0.717, 1.165) is 32.5 Å². The first kappa shape index (κ1) is 11.5. The summed E-state index contributed by atoms with van der Waals surface area (Å²) in [5, 5.41) is 9.69.